The van der Waals surface area contributed by atoms with Gasteiger partial charge in [0.05, 0.1) is 14.2 Å². The van der Waals surface area contributed by atoms with Gasteiger partial charge in [0.25, 0.3) is 0 Å². The summed E-state index contributed by atoms with van der Waals surface area (Å²) < 4.78 is 14.3. The fourth-order valence-corrected chi connectivity index (χ4v) is 4.60. The summed E-state index contributed by atoms with van der Waals surface area (Å²) in [6.07, 6.45) is 5.00. The van der Waals surface area contributed by atoms with Gasteiger partial charge in [0, 0.05) is 17.7 Å². The zero-order chi connectivity index (χ0) is 23.1. The third kappa shape index (κ3) is 6.09. The Labute approximate surface area is 196 Å². The third-order valence-electron chi connectivity index (χ3n) is 4.48. The maximum Gasteiger partial charge on any atom is 0.206 e. The highest BCUT2D eigenvalue weighted by atomic mass is 32.2. The first kappa shape index (κ1) is 23.8. The topological polar surface area (TPSA) is 87.2 Å². The highest BCUT2D eigenvalue weighted by molar-refractivity contribution is 7.97. The van der Waals surface area contributed by atoms with Gasteiger partial charge in [0.2, 0.25) is 4.80 Å². The highest BCUT2D eigenvalue weighted by Gasteiger charge is 2.16. The molecule has 2 N–H and O–H groups in total. The Hall–Kier alpha value is -2.88. The van der Waals surface area contributed by atoms with Crippen molar-refractivity contribution >= 4 is 35.2 Å². The maximum atomic E-state index is 8.61. The molecule has 0 radical (unpaired) electrons. The minimum absolute atomic E-state index is 0.234. The van der Waals surface area contributed by atoms with Crippen LogP contribution in [0.15, 0.2) is 53.4 Å². The van der Waals surface area contributed by atoms with Crippen molar-refractivity contribution in [3.05, 3.63) is 69.5 Å². The molecular weight excluding hydrogens is 442 g/mol. The van der Waals surface area contributed by atoms with Crippen LogP contribution in [-0.4, -0.2) is 48.2 Å². The van der Waals surface area contributed by atoms with Gasteiger partial charge in [-0.25, -0.2) is 0 Å². The molecule has 0 aliphatic rings. The first-order chi connectivity index (χ1) is 15.4. The van der Waals surface area contributed by atoms with E-state index >= 15 is 0 Å². The Bertz CT molecular complexity index is 1150. The van der Waals surface area contributed by atoms with Crippen LogP contribution in [0.2, 0.25) is 0 Å². The summed E-state index contributed by atoms with van der Waals surface area (Å²) in [5, 5.41) is 22.2. The molecule has 0 unspecified atom stereocenters. The molecule has 0 aliphatic heterocycles. The van der Waals surface area contributed by atoms with Crippen molar-refractivity contribution in [3.8, 4) is 11.5 Å². The lowest BCUT2D eigenvalue weighted by Gasteiger charge is -2.17. The number of hydrogen-bond donors (Lipinski definition) is 2. The smallest absolute Gasteiger partial charge is 0.206 e. The Morgan fingerprint density at radius 3 is 2.50 bits per heavy atom. The van der Waals surface area contributed by atoms with Crippen LogP contribution < -0.4 is 14.3 Å². The fraction of sp³-hybridized carbons (Fsp3) is 0.261. The number of nitrogens with one attached hydrogen (secondary N) is 2. The van der Waals surface area contributed by atoms with Crippen molar-refractivity contribution in [2.75, 3.05) is 28.3 Å². The number of benzene rings is 2. The molecule has 0 atom stereocenters. The normalized spacial score (nSPS) is 11.3. The summed E-state index contributed by atoms with van der Waals surface area (Å²) in [4.78, 5) is 1.20. The molecule has 3 aromatic rings. The molecule has 7 nitrogen and oxygen atoms in total. The molecule has 9 heteroatoms. The molecule has 0 aliphatic carbocycles. The summed E-state index contributed by atoms with van der Waals surface area (Å²) in [6, 6.07) is 13.9. The largest absolute Gasteiger partial charge is 0.493 e. The second kappa shape index (κ2) is 11.1. The van der Waals surface area contributed by atoms with E-state index in [2.05, 4.69) is 5.10 Å². The first-order valence-corrected chi connectivity index (χ1v) is 11.5. The minimum Gasteiger partial charge on any atom is -0.493 e. The molecule has 2 aromatic carbocycles. The average Bonchev–Trinajstić information content (AvgIpc) is 3.15. The van der Waals surface area contributed by atoms with Crippen molar-refractivity contribution in [1.82, 2.24) is 14.1 Å². The van der Waals surface area contributed by atoms with Crippen molar-refractivity contribution in [3.63, 3.8) is 0 Å². The molecule has 32 heavy (non-hydrogen) atoms. The predicted octanol–water partition coefficient (Wildman–Crippen LogP) is 4.33. The van der Waals surface area contributed by atoms with Gasteiger partial charge in [0.1, 0.15) is 10.8 Å². The molecule has 0 saturated heterocycles. The van der Waals surface area contributed by atoms with Crippen LogP contribution >= 0.6 is 23.3 Å². The lowest BCUT2D eigenvalue weighted by molar-refractivity contribution is 0.353. The predicted molar refractivity (Wildman–Crippen MR) is 131 cm³/mol. The quantitative estimate of drug-likeness (QED) is 0.277. The highest BCUT2D eigenvalue weighted by Crippen LogP contribution is 2.36. The van der Waals surface area contributed by atoms with E-state index in [9.17, 15) is 0 Å². The van der Waals surface area contributed by atoms with E-state index in [4.69, 9.17) is 20.3 Å². The Kier molecular flexibility index (Phi) is 8.26. The summed E-state index contributed by atoms with van der Waals surface area (Å²) in [5.74, 6) is 1.49. The molecule has 1 heterocycles. The summed E-state index contributed by atoms with van der Waals surface area (Å²) in [7, 11) is 7.12. The van der Waals surface area contributed by atoms with E-state index in [1.807, 2.05) is 73.0 Å². The van der Waals surface area contributed by atoms with E-state index in [-0.39, 0.29) is 10.6 Å². The van der Waals surface area contributed by atoms with Crippen LogP contribution in [0.5, 0.6) is 11.5 Å². The number of ether oxygens (including phenoxy) is 2. The number of methoxy groups -OCH3 is 2. The zero-order valence-corrected chi connectivity index (χ0v) is 20.2. The van der Waals surface area contributed by atoms with Crippen molar-refractivity contribution < 1.29 is 9.47 Å². The SMILES string of the molecule is COc1cc(CC(=N)n2nc(C/C=C/c3ccccc3)sc2=N)c(SN(C)C)cc1OC. The standard InChI is InChI=1S/C23H27N5O2S2/c1-27(2)32-20-15-19(30-4)18(29-3)13-17(20)14-21(24)28-23(25)31-22(26-28)12-8-11-16-9-6-5-7-10-16/h5-11,13,15,24-25H,12,14H2,1-4H3/b11-8+,24-21?,25-23?. The molecular formula is C23H27N5O2S2. The Morgan fingerprint density at radius 2 is 1.84 bits per heavy atom. The third-order valence-corrected chi connectivity index (χ3v) is 6.27. The maximum absolute atomic E-state index is 8.61. The van der Waals surface area contributed by atoms with Gasteiger partial charge in [-0.15, -0.1) is 0 Å². The van der Waals surface area contributed by atoms with Crippen LogP contribution in [0.3, 0.4) is 0 Å². The van der Waals surface area contributed by atoms with Crippen LogP contribution in [-0.2, 0) is 12.8 Å². The summed E-state index contributed by atoms with van der Waals surface area (Å²) in [6.45, 7) is 0. The van der Waals surface area contributed by atoms with Gasteiger partial charge in [-0.1, -0.05) is 53.8 Å². The zero-order valence-electron chi connectivity index (χ0n) is 18.6. The molecule has 0 saturated carbocycles. The fourth-order valence-electron chi connectivity index (χ4n) is 3.04. The molecule has 168 valence electrons. The molecule has 0 amide bonds. The van der Waals surface area contributed by atoms with Gasteiger partial charge >= 0.3 is 0 Å². The second-order valence-corrected chi connectivity index (χ2v) is 9.49. The van der Waals surface area contributed by atoms with E-state index in [0.29, 0.717) is 24.3 Å². The summed E-state index contributed by atoms with van der Waals surface area (Å²) >= 11 is 2.83. The molecule has 1 aromatic heterocycles. The number of rotatable bonds is 9. The van der Waals surface area contributed by atoms with Gasteiger partial charge in [-0.05, 0) is 49.3 Å². The monoisotopic (exact) mass is 469 g/mol. The minimum atomic E-state index is 0.234. The van der Waals surface area contributed by atoms with Gasteiger partial charge in [0.15, 0.2) is 11.5 Å². The Balaban J connectivity index is 1.79. The number of nitrogens with zero attached hydrogens (tertiary/aromatic N) is 3. The van der Waals surface area contributed by atoms with E-state index in [1.165, 1.54) is 16.0 Å². The lowest BCUT2D eigenvalue weighted by atomic mass is 10.1. The van der Waals surface area contributed by atoms with Gasteiger partial charge in [-0.2, -0.15) is 9.78 Å². The molecule has 0 spiro atoms. The lowest BCUT2D eigenvalue weighted by Crippen LogP contribution is -2.25. The average molecular weight is 470 g/mol. The van der Waals surface area contributed by atoms with Crippen LogP contribution in [0.1, 0.15) is 16.1 Å². The first-order valence-electron chi connectivity index (χ1n) is 9.94. The Morgan fingerprint density at radius 1 is 1.16 bits per heavy atom. The van der Waals surface area contributed by atoms with Crippen molar-refractivity contribution in [2.24, 2.45) is 0 Å². The van der Waals surface area contributed by atoms with E-state index in [1.54, 1.807) is 26.2 Å². The van der Waals surface area contributed by atoms with Crippen molar-refractivity contribution in [1.29, 1.82) is 10.8 Å². The molecule has 3 rings (SSSR count). The second-order valence-electron chi connectivity index (χ2n) is 7.07. The van der Waals surface area contributed by atoms with E-state index in [0.717, 1.165) is 21.0 Å². The number of aromatic nitrogens is 2. The molecule has 0 fully saturated rings. The van der Waals surface area contributed by atoms with Crippen molar-refractivity contribution in [2.45, 2.75) is 17.7 Å². The van der Waals surface area contributed by atoms with Crippen LogP contribution in [0.25, 0.3) is 6.08 Å². The van der Waals surface area contributed by atoms with Gasteiger partial charge < -0.3 is 9.47 Å². The van der Waals surface area contributed by atoms with Crippen LogP contribution in [0, 0.1) is 10.8 Å². The number of hydrogen-bond acceptors (Lipinski definition) is 8. The summed E-state index contributed by atoms with van der Waals surface area (Å²) in [5.41, 5.74) is 2.03. The van der Waals surface area contributed by atoms with Crippen LogP contribution in [0.4, 0.5) is 0 Å². The van der Waals surface area contributed by atoms with E-state index < -0.39 is 0 Å². The number of allylic oxidation sites excluding steroid dienone is 1. The molecule has 0 bridgehead atoms. The van der Waals surface area contributed by atoms with Gasteiger partial charge in [-0.3, -0.25) is 15.1 Å².